The number of halogens is 1. The van der Waals surface area contributed by atoms with Crippen molar-refractivity contribution in [2.45, 2.75) is 6.42 Å². The second-order valence-electron chi connectivity index (χ2n) is 7.15. The third kappa shape index (κ3) is 4.92. The van der Waals surface area contributed by atoms with Gasteiger partial charge in [-0.05, 0) is 48.5 Å². The van der Waals surface area contributed by atoms with Crippen LogP contribution in [0.4, 0.5) is 11.4 Å². The van der Waals surface area contributed by atoms with Crippen molar-refractivity contribution >= 4 is 40.7 Å². The Balaban J connectivity index is 1.27. The summed E-state index contributed by atoms with van der Waals surface area (Å²) in [5, 5.41) is 10.0. The van der Waals surface area contributed by atoms with Crippen LogP contribution in [0.2, 0.25) is 5.02 Å². The van der Waals surface area contributed by atoms with E-state index in [-0.39, 0.29) is 37.2 Å². The summed E-state index contributed by atoms with van der Waals surface area (Å²) in [5.74, 6) is -1.35. The number of rotatable bonds is 6. The summed E-state index contributed by atoms with van der Waals surface area (Å²) in [4.78, 5) is 38.5. The fourth-order valence-corrected chi connectivity index (χ4v) is 3.60. The van der Waals surface area contributed by atoms with Crippen LogP contribution in [-0.4, -0.2) is 40.6 Å². The summed E-state index contributed by atoms with van der Waals surface area (Å²) in [7, 11) is 0. The average molecular weight is 438 g/mol. The lowest BCUT2D eigenvalue weighted by molar-refractivity contribution is -0.127. The zero-order valence-electron chi connectivity index (χ0n) is 16.5. The van der Waals surface area contributed by atoms with Crippen LogP contribution in [0.1, 0.15) is 6.42 Å². The summed E-state index contributed by atoms with van der Waals surface area (Å²) in [5.41, 5.74) is 2.13. The number of amides is 3. The molecule has 0 radical (unpaired) electrons. The van der Waals surface area contributed by atoms with Gasteiger partial charge in [0, 0.05) is 41.8 Å². The minimum absolute atomic E-state index is 0.0921. The van der Waals surface area contributed by atoms with Crippen molar-refractivity contribution in [2.75, 3.05) is 23.3 Å². The maximum absolute atomic E-state index is 12.5. The molecule has 1 saturated heterocycles. The highest BCUT2D eigenvalue weighted by molar-refractivity contribution is 6.31. The number of anilines is 2. The summed E-state index contributed by atoms with van der Waals surface area (Å²) in [6.07, 6.45) is 3.60. The summed E-state index contributed by atoms with van der Waals surface area (Å²) in [6.45, 7) is 0.0725. The molecule has 1 aliphatic rings. The highest BCUT2D eigenvalue weighted by Gasteiger charge is 2.35. The van der Waals surface area contributed by atoms with E-state index < -0.39 is 5.92 Å². The van der Waals surface area contributed by atoms with E-state index in [1.807, 2.05) is 24.4 Å². The molecule has 2 heterocycles. The fourth-order valence-electron chi connectivity index (χ4n) is 3.41. The van der Waals surface area contributed by atoms with Crippen molar-refractivity contribution in [3.8, 4) is 5.69 Å². The number of carbonyl (C=O) groups excluding carboxylic acids is 3. The molecule has 0 bridgehead atoms. The monoisotopic (exact) mass is 437 g/mol. The number of benzene rings is 2. The number of hydrogen-bond acceptors (Lipinski definition) is 4. The molecule has 8 nitrogen and oxygen atoms in total. The molecule has 1 unspecified atom stereocenters. The third-order valence-corrected chi connectivity index (χ3v) is 5.19. The Hall–Kier alpha value is -3.65. The van der Waals surface area contributed by atoms with Crippen molar-refractivity contribution in [3.63, 3.8) is 0 Å². The van der Waals surface area contributed by atoms with E-state index in [2.05, 4.69) is 15.7 Å². The predicted molar refractivity (Wildman–Crippen MR) is 117 cm³/mol. The molecule has 31 heavy (non-hydrogen) atoms. The molecule has 9 heteroatoms. The molecule has 0 aliphatic carbocycles. The Kier molecular flexibility index (Phi) is 5.99. The second kappa shape index (κ2) is 9.01. The molecule has 2 aromatic carbocycles. The van der Waals surface area contributed by atoms with Crippen LogP contribution in [0.15, 0.2) is 67.0 Å². The predicted octanol–water partition coefficient (Wildman–Crippen LogP) is 2.63. The van der Waals surface area contributed by atoms with E-state index in [1.54, 1.807) is 47.3 Å². The molecule has 3 amide bonds. The lowest BCUT2D eigenvalue weighted by Crippen LogP contribution is -2.37. The summed E-state index contributed by atoms with van der Waals surface area (Å²) >= 11 is 5.99. The Morgan fingerprint density at radius 2 is 1.90 bits per heavy atom. The van der Waals surface area contributed by atoms with Crippen molar-refractivity contribution in [2.24, 2.45) is 5.92 Å². The van der Waals surface area contributed by atoms with Gasteiger partial charge in [0.05, 0.1) is 18.2 Å². The van der Waals surface area contributed by atoms with E-state index in [0.29, 0.717) is 16.4 Å². The Labute approximate surface area is 183 Å². The topological polar surface area (TPSA) is 96.3 Å². The first kappa shape index (κ1) is 20.6. The SMILES string of the molecule is O=C(CNC(=O)C1CC(=O)N(c2cccc(Cl)c2)C1)Nc1ccc(-n2cccn2)cc1. The van der Waals surface area contributed by atoms with Crippen LogP contribution in [0.25, 0.3) is 5.69 Å². The van der Waals surface area contributed by atoms with Crippen LogP contribution in [0.3, 0.4) is 0 Å². The van der Waals surface area contributed by atoms with Gasteiger partial charge in [-0.1, -0.05) is 17.7 Å². The number of nitrogens with one attached hydrogen (secondary N) is 2. The Morgan fingerprint density at radius 1 is 1.10 bits per heavy atom. The molecule has 4 rings (SSSR count). The normalized spacial score (nSPS) is 15.7. The molecule has 3 aromatic rings. The molecule has 2 N–H and O–H groups in total. The first-order valence-electron chi connectivity index (χ1n) is 9.73. The van der Waals surface area contributed by atoms with Crippen LogP contribution < -0.4 is 15.5 Å². The Morgan fingerprint density at radius 3 is 2.61 bits per heavy atom. The van der Waals surface area contributed by atoms with Gasteiger partial charge in [-0.2, -0.15) is 5.10 Å². The van der Waals surface area contributed by atoms with Crippen LogP contribution in [-0.2, 0) is 14.4 Å². The van der Waals surface area contributed by atoms with Crippen molar-refractivity contribution in [1.82, 2.24) is 15.1 Å². The van der Waals surface area contributed by atoms with Gasteiger partial charge >= 0.3 is 0 Å². The average Bonchev–Trinajstić information content (AvgIpc) is 3.43. The summed E-state index contributed by atoms with van der Waals surface area (Å²) in [6, 6.07) is 15.9. The molecule has 1 aromatic heterocycles. The molecule has 1 fully saturated rings. The molecule has 158 valence electrons. The van der Waals surface area contributed by atoms with E-state index in [4.69, 9.17) is 11.6 Å². The molecular formula is C22H20ClN5O3. The number of hydrogen-bond donors (Lipinski definition) is 2. The highest BCUT2D eigenvalue weighted by Crippen LogP contribution is 2.27. The first-order valence-corrected chi connectivity index (χ1v) is 10.1. The third-order valence-electron chi connectivity index (χ3n) is 4.96. The van der Waals surface area contributed by atoms with Crippen LogP contribution in [0, 0.1) is 5.92 Å². The summed E-state index contributed by atoms with van der Waals surface area (Å²) < 4.78 is 1.71. The van der Waals surface area contributed by atoms with Crippen molar-refractivity contribution in [1.29, 1.82) is 0 Å². The second-order valence-corrected chi connectivity index (χ2v) is 7.59. The number of aromatic nitrogens is 2. The minimum atomic E-state index is -0.521. The zero-order chi connectivity index (χ0) is 21.8. The molecule has 0 saturated carbocycles. The zero-order valence-corrected chi connectivity index (χ0v) is 17.2. The Bertz CT molecular complexity index is 1100. The fraction of sp³-hybridized carbons (Fsp3) is 0.182. The van der Waals surface area contributed by atoms with E-state index in [9.17, 15) is 14.4 Å². The standard InChI is InChI=1S/C22H20ClN5O3/c23-16-3-1-4-19(12-16)27-14-15(11-21(27)30)22(31)24-13-20(29)26-17-5-7-18(8-6-17)28-10-2-9-25-28/h1-10,12,15H,11,13-14H2,(H,24,31)(H,26,29). The molecular weight excluding hydrogens is 418 g/mol. The quantitative estimate of drug-likeness (QED) is 0.619. The molecule has 0 spiro atoms. The highest BCUT2D eigenvalue weighted by atomic mass is 35.5. The smallest absolute Gasteiger partial charge is 0.243 e. The molecule has 1 aliphatic heterocycles. The van der Waals surface area contributed by atoms with Gasteiger partial charge < -0.3 is 15.5 Å². The van der Waals surface area contributed by atoms with Gasteiger partial charge in [-0.25, -0.2) is 4.68 Å². The molecule has 1 atom stereocenters. The van der Waals surface area contributed by atoms with Crippen molar-refractivity contribution < 1.29 is 14.4 Å². The lowest BCUT2D eigenvalue weighted by atomic mass is 10.1. The minimum Gasteiger partial charge on any atom is -0.347 e. The number of carbonyl (C=O) groups is 3. The van der Waals surface area contributed by atoms with Crippen molar-refractivity contribution in [3.05, 3.63) is 72.0 Å². The van der Waals surface area contributed by atoms with Gasteiger partial charge in [0.15, 0.2) is 0 Å². The van der Waals surface area contributed by atoms with Crippen LogP contribution >= 0.6 is 11.6 Å². The lowest BCUT2D eigenvalue weighted by Gasteiger charge is -2.17. The maximum Gasteiger partial charge on any atom is 0.243 e. The van der Waals surface area contributed by atoms with Gasteiger partial charge in [0.1, 0.15) is 0 Å². The van der Waals surface area contributed by atoms with E-state index in [1.165, 1.54) is 4.90 Å². The van der Waals surface area contributed by atoms with Gasteiger partial charge in [-0.15, -0.1) is 0 Å². The van der Waals surface area contributed by atoms with Gasteiger partial charge in [-0.3, -0.25) is 14.4 Å². The first-order chi connectivity index (χ1) is 15.0. The maximum atomic E-state index is 12.5. The largest absolute Gasteiger partial charge is 0.347 e. The van der Waals surface area contributed by atoms with Gasteiger partial charge in [0.25, 0.3) is 0 Å². The van der Waals surface area contributed by atoms with E-state index in [0.717, 1.165) is 5.69 Å². The number of nitrogens with zero attached hydrogens (tertiary/aromatic N) is 3. The van der Waals surface area contributed by atoms with E-state index >= 15 is 0 Å². The van der Waals surface area contributed by atoms with Crippen LogP contribution in [0.5, 0.6) is 0 Å². The van der Waals surface area contributed by atoms with Gasteiger partial charge in [0.2, 0.25) is 17.7 Å².